The summed E-state index contributed by atoms with van der Waals surface area (Å²) in [6, 6.07) is 7.93. The molecule has 2 amide bonds. The van der Waals surface area contributed by atoms with Crippen LogP contribution in [0.15, 0.2) is 47.3 Å². The number of carbonyl (C=O) groups excluding carboxylic acids is 2. The summed E-state index contributed by atoms with van der Waals surface area (Å²) >= 11 is 1.65. The highest BCUT2D eigenvalue weighted by Gasteiger charge is 2.13. The van der Waals surface area contributed by atoms with Gasteiger partial charge in [-0.25, -0.2) is 0 Å². The van der Waals surface area contributed by atoms with Crippen LogP contribution in [0.4, 0.5) is 11.4 Å². The Hall–Kier alpha value is -2.25. The topological polar surface area (TPSA) is 97.4 Å². The summed E-state index contributed by atoms with van der Waals surface area (Å²) in [6.07, 6.45) is 5.38. The summed E-state index contributed by atoms with van der Waals surface area (Å²) in [5, 5.41) is 5.49. The maximum Gasteiger partial charge on any atom is 0.258 e. The van der Waals surface area contributed by atoms with E-state index in [4.69, 9.17) is 10.2 Å². The predicted molar refractivity (Wildman–Crippen MR) is 92.7 cm³/mol. The first kappa shape index (κ1) is 17.1. The van der Waals surface area contributed by atoms with E-state index in [1.54, 1.807) is 42.1 Å². The molecule has 7 heteroatoms. The summed E-state index contributed by atoms with van der Waals surface area (Å²) in [5.74, 6) is 0.311. The predicted octanol–water partition coefficient (Wildman–Crippen LogP) is 2.55. The molecule has 23 heavy (non-hydrogen) atoms. The van der Waals surface area contributed by atoms with Crippen molar-refractivity contribution in [3.63, 3.8) is 0 Å². The number of carbonyl (C=O) groups is 2. The molecular weight excluding hydrogens is 314 g/mol. The molecule has 0 fully saturated rings. The molecule has 0 aliphatic carbocycles. The molecular formula is C16H19N3O3S. The van der Waals surface area contributed by atoms with Gasteiger partial charge in [0.05, 0.1) is 17.9 Å². The van der Waals surface area contributed by atoms with Crippen LogP contribution < -0.4 is 16.4 Å². The molecule has 0 aliphatic rings. The quantitative estimate of drug-likeness (QED) is 0.723. The summed E-state index contributed by atoms with van der Waals surface area (Å²) in [7, 11) is 0. The van der Waals surface area contributed by atoms with Gasteiger partial charge in [-0.1, -0.05) is 6.07 Å². The van der Waals surface area contributed by atoms with Crippen molar-refractivity contribution < 1.29 is 14.0 Å². The van der Waals surface area contributed by atoms with Crippen LogP contribution in [0.5, 0.6) is 0 Å². The van der Waals surface area contributed by atoms with E-state index >= 15 is 0 Å². The van der Waals surface area contributed by atoms with Crippen molar-refractivity contribution in [2.24, 2.45) is 5.73 Å². The van der Waals surface area contributed by atoms with Crippen molar-refractivity contribution in [2.75, 3.05) is 22.6 Å². The van der Waals surface area contributed by atoms with Crippen molar-refractivity contribution >= 4 is 35.0 Å². The van der Waals surface area contributed by atoms with Crippen molar-refractivity contribution in [1.82, 2.24) is 0 Å². The lowest BCUT2D eigenvalue weighted by Gasteiger charge is -2.12. The van der Waals surface area contributed by atoms with E-state index in [0.29, 0.717) is 23.4 Å². The molecule has 0 saturated heterocycles. The smallest absolute Gasteiger partial charge is 0.258 e. The number of nitrogens with one attached hydrogen (secondary N) is 2. The summed E-state index contributed by atoms with van der Waals surface area (Å²) in [4.78, 5) is 23.9. The van der Waals surface area contributed by atoms with Gasteiger partial charge in [0.1, 0.15) is 6.26 Å². The first-order valence-electron chi connectivity index (χ1n) is 7.09. The molecule has 1 aromatic carbocycles. The number of benzene rings is 1. The van der Waals surface area contributed by atoms with Crippen LogP contribution in [0, 0.1) is 0 Å². The highest BCUT2D eigenvalue weighted by Crippen LogP contribution is 2.16. The average molecular weight is 333 g/mol. The fourth-order valence-electron chi connectivity index (χ4n) is 1.88. The molecule has 1 atom stereocenters. The number of furan rings is 1. The second-order valence-corrected chi connectivity index (χ2v) is 5.91. The van der Waals surface area contributed by atoms with Gasteiger partial charge < -0.3 is 20.8 Å². The van der Waals surface area contributed by atoms with E-state index in [-0.39, 0.29) is 11.8 Å². The fraction of sp³-hybridized carbons (Fsp3) is 0.250. The number of thioether (sulfide) groups is 1. The van der Waals surface area contributed by atoms with E-state index in [2.05, 4.69) is 10.6 Å². The van der Waals surface area contributed by atoms with Crippen molar-refractivity contribution in [2.45, 2.75) is 12.5 Å². The number of amides is 2. The SMILES string of the molecule is CSCC[C@H](N)C(=O)Nc1cccc(NC(=O)c2ccoc2)c1. The molecule has 1 aromatic heterocycles. The molecule has 2 aromatic rings. The minimum Gasteiger partial charge on any atom is -0.472 e. The normalized spacial score (nSPS) is 11.7. The Morgan fingerprint density at radius 3 is 2.65 bits per heavy atom. The molecule has 122 valence electrons. The number of rotatable bonds is 7. The number of hydrogen-bond acceptors (Lipinski definition) is 5. The maximum atomic E-state index is 12.0. The largest absolute Gasteiger partial charge is 0.472 e. The Morgan fingerprint density at radius 2 is 2.00 bits per heavy atom. The second kappa shape index (κ2) is 8.40. The zero-order chi connectivity index (χ0) is 16.7. The lowest BCUT2D eigenvalue weighted by Crippen LogP contribution is -2.36. The zero-order valence-corrected chi connectivity index (χ0v) is 13.6. The van der Waals surface area contributed by atoms with Crippen LogP contribution in [0.2, 0.25) is 0 Å². The Kier molecular flexibility index (Phi) is 6.25. The standard InChI is InChI=1S/C16H19N3O3S/c1-23-8-6-14(17)16(21)19-13-4-2-3-12(9-13)18-15(20)11-5-7-22-10-11/h2-5,7,9-10,14H,6,8,17H2,1H3,(H,18,20)(H,19,21)/t14-/m0/s1. The Bertz CT molecular complexity index is 658. The van der Waals surface area contributed by atoms with Gasteiger partial charge in [0.15, 0.2) is 0 Å². The van der Waals surface area contributed by atoms with Gasteiger partial charge in [0.2, 0.25) is 5.91 Å². The number of hydrogen-bond donors (Lipinski definition) is 3. The van der Waals surface area contributed by atoms with E-state index in [0.717, 1.165) is 5.75 Å². The zero-order valence-electron chi connectivity index (χ0n) is 12.7. The third-order valence-corrected chi connectivity index (χ3v) is 3.79. The monoisotopic (exact) mass is 333 g/mol. The molecule has 4 N–H and O–H groups in total. The van der Waals surface area contributed by atoms with Gasteiger partial charge in [0, 0.05) is 11.4 Å². The maximum absolute atomic E-state index is 12.0. The third-order valence-electron chi connectivity index (χ3n) is 3.14. The van der Waals surface area contributed by atoms with Crippen LogP contribution in [-0.4, -0.2) is 29.9 Å². The Balaban J connectivity index is 1.97. The molecule has 0 spiro atoms. The molecule has 0 unspecified atom stereocenters. The number of nitrogens with two attached hydrogens (primary N) is 1. The third kappa shape index (κ3) is 5.15. The number of anilines is 2. The average Bonchev–Trinajstić information content (AvgIpc) is 3.07. The van der Waals surface area contributed by atoms with Gasteiger partial charge in [-0.05, 0) is 42.7 Å². The second-order valence-electron chi connectivity index (χ2n) is 4.92. The summed E-state index contributed by atoms with van der Waals surface area (Å²) < 4.78 is 4.87. The van der Waals surface area contributed by atoms with Crippen molar-refractivity contribution in [3.05, 3.63) is 48.4 Å². The van der Waals surface area contributed by atoms with E-state index in [1.807, 2.05) is 6.26 Å². The van der Waals surface area contributed by atoms with E-state index in [9.17, 15) is 9.59 Å². The lowest BCUT2D eigenvalue weighted by atomic mass is 10.2. The van der Waals surface area contributed by atoms with Gasteiger partial charge in [-0.15, -0.1) is 0 Å². The molecule has 6 nitrogen and oxygen atoms in total. The van der Waals surface area contributed by atoms with Gasteiger partial charge >= 0.3 is 0 Å². The first-order chi connectivity index (χ1) is 11.1. The van der Waals surface area contributed by atoms with Gasteiger partial charge in [-0.2, -0.15) is 11.8 Å². The molecule has 0 radical (unpaired) electrons. The van der Waals surface area contributed by atoms with Crippen LogP contribution in [0.3, 0.4) is 0 Å². The highest BCUT2D eigenvalue weighted by atomic mass is 32.2. The van der Waals surface area contributed by atoms with Crippen LogP contribution in [0.25, 0.3) is 0 Å². The van der Waals surface area contributed by atoms with Crippen molar-refractivity contribution in [1.29, 1.82) is 0 Å². The van der Waals surface area contributed by atoms with E-state index in [1.165, 1.54) is 12.5 Å². The van der Waals surface area contributed by atoms with Crippen LogP contribution in [0.1, 0.15) is 16.8 Å². The molecule has 0 bridgehead atoms. The van der Waals surface area contributed by atoms with Crippen LogP contribution in [-0.2, 0) is 4.79 Å². The first-order valence-corrected chi connectivity index (χ1v) is 8.48. The summed E-state index contributed by atoms with van der Waals surface area (Å²) in [5.41, 5.74) is 7.42. The lowest BCUT2D eigenvalue weighted by molar-refractivity contribution is -0.117. The van der Waals surface area contributed by atoms with E-state index < -0.39 is 6.04 Å². The Labute approximate surface area is 138 Å². The molecule has 0 saturated carbocycles. The Morgan fingerprint density at radius 1 is 1.26 bits per heavy atom. The summed E-state index contributed by atoms with van der Waals surface area (Å²) in [6.45, 7) is 0. The van der Waals surface area contributed by atoms with Crippen molar-refractivity contribution in [3.8, 4) is 0 Å². The van der Waals surface area contributed by atoms with Gasteiger partial charge in [-0.3, -0.25) is 9.59 Å². The van der Waals surface area contributed by atoms with Crippen LogP contribution >= 0.6 is 11.8 Å². The molecule has 0 aliphatic heterocycles. The highest BCUT2D eigenvalue weighted by molar-refractivity contribution is 7.98. The minimum absolute atomic E-state index is 0.239. The van der Waals surface area contributed by atoms with Gasteiger partial charge in [0.25, 0.3) is 5.91 Å². The molecule has 1 heterocycles. The fourth-order valence-corrected chi connectivity index (χ4v) is 2.37. The molecule has 2 rings (SSSR count). The minimum atomic E-state index is -0.549.